The summed E-state index contributed by atoms with van der Waals surface area (Å²) in [5, 5.41) is 3.58. The molecule has 1 aliphatic rings. The van der Waals surface area contributed by atoms with Crippen molar-refractivity contribution in [1.82, 2.24) is 5.32 Å². The van der Waals surface area contributed by atoms with Gasteiger partial charge in [0.25, 0.3) is 0 Å². The van der Waals surface area contributed by atoms with E-state index in [4.69, 9.17) is 4.74 Å². The molecular formula is C16H26N2O. The third-order valence-corrected chi connectivity index (χ3v) is 3.44. The number of para-hydroxylation sites is 1. The Hall–Kier alpha value is -1.06. The number of rotatable bonds is 8. The van der Waals surface area contributed by atoms with Crippen molar-refractivity contribution in [3.63, 3.8) is 0 Å². The van der Waals surface area contributed by atoms with Gasteiger partial charge in [-0.1, -0.05) is 18.2 Å². The lowest BCUT2D eigenvalue weighted by atomic mass is 10.1. The van der Waals surface area contributed by atoms with Crippen LogP contribution in [0.1, 0.15) is 32.3 Å². The van der Waals surface area contributed by atoms with Gasteiger partial charge in [-0.15, -0.1) is 0 Å². The zero-order valence-electron chi connectivity index (χ0n) is 12.4. The zero-order valence-corrected chi connectivity index (χ0v) is 12.4. The minimum atomic E-state index is 0.306. The number of ether oxygens (including phenoxy) is 1. The Kier molecular flexibility index (Phi) is 5.23. The molecule has 0 aromatic heterocycles. The first-order chi connectivity index (χ1) is 9.16. The number of likely N-dealkylation sites (N-methyl/N-ethyl adjacent to an activating group) is 1. The zero-order chi connectivity index (χ0) is 13.7. The second-order valence-electron chi connectivity index (χ2n) is 5.62. The summed E-state index contributed by atoms with van der Waals surface area (Å²) in [7, 11) is 2.14. The number of anilines is 1. The van der Waals surface area contributed by atoms with E-state index < -0.39 is 0 Å². The number of nitrogens with one attached hydrogen (secondary N) is 1. The van der Waals surface area contributed by atoms with E-state index in [1.807, 2.05) is 0 Å². The lowest BCUT2D eigenvalue weighted by molar-refractivity contribution is 0.0846. The Morgan fingerprint density at radius 2 is 2.05 bits per heavy atom. The molecule has 0 heterocycles. The molecule has 0 amide bonds. The van der Waals surface area contributed by atoms with Gasteiger partial charge in [0.1, 0.15) is 0 Å². The molecule has 0 saturated heterocycles. The second kappa shape index (κ2) is 6.92. The van der Waals surface area contributed by atoms with E-state index in [1.165, 1.54) is 24.1 Å². The van der Waals surface area contributed by atoms with Crippen LogP contribution in [0.25, 0.3) is 0 Å². The molecule has 0 unspecified atom stereocenters. The standard InChI is InChI=1S/C16H26N2O/c1-13(2)19-11-10-18(3)16-7-5-4-6-14(16)12-17-15-8-9-15/h4-7,13,15,17H,8-12H2,1-3H3. The molecule has 1 aromatic carbocycles. The van der Waals surface area contributed by atoms with Crippen LogP contribution in [-0.2, 0) is 11.3 Å². The molecule has 1 N–H and O–H groups in total. The minimum Gasteiger partial charge on any atom is -0.377 e. The average molecular weight is 262 g/mol. The molecule has 3 nitrogen and oxygen atoms in total. The minimum absolute atomic E-state index is 0.306. The van der Waals surface area contributed by atoms with E-state index in [0.29, 0.717) is 6.10 Å². The monoisotopic (exact) mass is 262 g/mol. The van der Waals surface area contributed by atoms with E-state index in [1.54, 1.807) is 0 Å². The summed E-state index contributed by atoms with van der Waals surface area (Å²) >= 11 is 0. The first kappa shape index (κ1) is 14.4. The molecule has 0 radical (unpaired) electrons. The first-order valence-electron chi connectivity index (χ1n) is 7.31. The van der Waals surface area contributed by atoms with Crippen LogP contribution in [0.4, 0.5) is 5.69 Å². The Balaban J connectivity index is 1.89. The Labute approximate surface area is 116 Å². The number of benzene rings is 1. The molecule has 1 fully saturated rings. The molecule has 0 bridgehead atoms. The van der Waals surface area contributed by atoms with Gasteiger partial charge < -0.3 is 15.0 Å². The van der Waals surface area contributed by atoms with Crippen molar-refractivity contribution in [2.24, 2.45) is 0 Å². The van der Waals surface area contributed by atoms with Gasteiger partial charge in [0.2, 0.25) is 0 Å². The third kappa shape index (κ3) is 4.84. The van der Waals surface area contributed by atoms with Gasteiger partial charge in [-0.25, -0.2) is 0 Å². The number of hydrogen-bond acceptors (Lipinski definition) is 3. The lowest BCUT2D eigenvalue weighted by Gasteiger charge is -2.23. The molecule has 0 atom stereocenters. The van der Waals surface area contributed by atoms with E-state index in [2.05, 4.69) is 55.4 Å². The SMILES string of the molecule is CC(C)OCCN(C)c1ccccc1CNC1CC1. The Bertz CT molecular complexity index is 388. The first-order valence-corrected chi connectivity index (χ1v) is 7.31. The topological polar surface area (TPSA) is 24.5 Å². The van der Waals surface area contributed by atoms with Crippen molar-refractivity contribution in [3.8, 4) is 0 Å². The Morgan fingerprint density at radius 1 is 1.32 bits per heavy atom. The van der Waals surface area contributed by atoms with Crippen molar-refractivity contribution in [2.45, 2.75) is 45.4 Å². The van der Waals surface area contributed by atoms with Crippen molar-refractivity contribution in [2.75, 3.05) is 25.1 Å². The highest BCUT2D eigenvalue weighted by Gasteiger charge is 2.20. The summed E-state index contributed by atoms with van der Waals surface area (Å²) in [6, 6.07) is 9.38. The number of nitrogens with zero attached hydrogens (tertiary/aromatic N) is 1. The maximum atomic E-state index is 5.62. The quantitative estimate of drug-likeness (QED) is 0.779. The number of hydrogen-bond donors (Lipinski definition) is 1. The van der Waals surface area contributed by atoms with Crippen LogP contribution in [0.5, 0.6) is 0 Å². The van der Waals surface area contributed by atoms with Crippen LogP contribution in [-0.4, -0.2) is 32.3 Å². The summed E-state index contributed by atoms with van der Waals surface area (Å²) in [5.74, 6) is 0. The molecule has 0 spiro atoms. The summed E-state index contributed by atoms with van der Waals surface area (Å²) < 4.78 is 5.62. The molecular weight excluding hydrogens is 236 g/mol. The molecule has 1 aliphatic carbocycles. The van der Waals surface area contributed by atoms with Crippen LogP contribution in [0.2, 0.25) is 0 Å². The van der Waals surface area contributed by atoms with Crippen molar-refractivity contribution in [1.29, 1.82) is 0 Å². The van der Waals surface area contributed by atoms with Gasteiger partial charge in [0, 0.05) is 31.9 Å². The van der Waals surface area contributed by atoms with Crippen molar-refractivity contribution in [3.05, 3.63) is 29.8 Å². The molecule has 1 saturated carbocycles. The van der Waals surface area contributed by atoms with Crippen molar-refractivity contribution >= 4 is 5.69 Å². The average Bonchev–Trinajstić information content (AvgIpc) is 3.20. The maximum absolute atomic E-state index is 5.62. The fourth-order valence-electron chi connectivity index (χ4n) is 2.12. The summed E-state index contributed by atoms with van der Waals surface area (Å²) in [6.45, 7) is 6.83. The van der Waals surface area contributed by atoms with Gasteiger partial charge >= 0.3 is 0 Å². The summed E-state index contributed by atoms with van der Waals surface area (Å²) in [5.41, 5.74) is 2.68. The fraction of sp³-hybridized carbons (Fsp3) is 0.625. The van der Waals surface area contributed by atoms with Crippen LogP contribution in [0.3, 0.4) is 0 Å². The molecule has 0 aliphatic heterocycles. The van der Waals surface area contributed by atoms with E-state index in [0.717, 1.165) is 25.7 Å². The summed E-state index contributed by atoms with van der Waals surface area (Å²) in [6.07, 6.45) is 2.97. The van der Waals surface area contributed by atoms with Gasteiger partial charge in [-0.05, 0) is 38.3 Å². The molecule has 3 heteroatoms. The molecule has 1 aromatic rings. The molecule has 2 rings (SSSR count). The highest BCUT2D eigenvalue weighted by Crippen LogP contribution is 2.23. The molecule has 19 heavy (non-hydrogen) atoms. The maximum Gasteiger partial charge on any atom is 0.0644 e. The van der Waals surface area contributed by atoms with Gasteiger partial charge in [-0.2, -0.15) is 0 Å². The lowest BCUT2D eigenvalue weighted by Crippen LogP contribution is -2.26. The third-order valence-electron chi connectivity index (χ3n) is 3.44. The van der Waals surface area contributed by atoms with Gasteiger partial charge in [-0.3, -0.25) is 0 Å². The van der Waals surface area contributed by atoms with Crippen LogP contribution in [0.15, 0.2) is 24.3 Å². The van der Waals surface area contributed by atoms with Gasteiger partial charge in [0.05, 0.1) is 12.7 Å². The predicted molar refractivity (Wildman–Crippen MR) is 80.7 cm³/mol. The highest BCUT2D eigenvalue weighted by atomic mass is 16.5. The van der Waals surface area contributed by atoms with Gasteiger partial charge in [0.15, 0.2) is 0 Å². The van der Waals surface area contributed by atoms with E-state index in [9.17, 15) is 0 Å². The fourth-order valence-corrected chi connectivity index (χ4v) is 2.12. The normalized spacial score (nSPS) is 14.9. The summed E-state index contributed by atoms with van der Waals surface area (Å²) in [4.78, 5) is 2.28. The van der Waals surface area contributed by atoms with Crippen LogP contribution < -0.4 is 10.2 Å². The van der Waals surface area contributed by atoms with Crippen molar-refractivity contribution < 1.29 is 4.74 Å². The predicted octanol–water partition coefficient (Wildman–Crippen LogP) is 2.80. The van der Waals surface area contributed by atoms with Crippen LogP contribution in [0, 0.1) is 0 Å². The largest absolute Gasteiger partial charge is 0.377 e. The highest BCUT2D eigenvalue weighted by molar-refractivity contribution is 5.53. The van der Waals surface area contributed by atoms with Crippen LogP contribution >= 0.6 is 0 Å². The smallest absolute Gasteiger partial charge is 0.0644 e. The Morgan fingerprint density at radius 3 is 2.74 bits per heavy atom. The van der Waals surface area contributed by atoms with E-state index >= 15 is 0 Å². The molecule has 106 valence electrons. The second-order valence-corrected chi connectivity index (χ2v) is 5.62. The van der Waals surface area contributed by atoms with E-state index in [-0.39, 0.29) is 0 Å².